The van der Waals surface area contributed by atoms with Crippen LogP contribution in [0.5, 0.6) is 5.75 Å². The Morgan fingerprint density at radius 1 is 1.16 bits per heavy atom. The summed E-state index contributed by atoms with van der Waals surface area (Å²) in [6.07, 6.45) is -3.46. The molecule has 0 bridgehead atoms. The molecule has 2 heterocycles. The van der Waals surface area contributed by atoms with E-state index in [4.69, 9.17) is 20.8 Å². The molecule has 0 spiro atoms. The summed E-state index contributed by atoms with van der Waals surface area (Å²) >= 11 is 6.30. The molecule has 7 nitrogen and oxygen atoms in total. The van der Waals surface area contributed by atoms with Gasteiger partial charge in [0.15, 0.2) is 6.61 Å². The molecule has 164 valence electrons. The SMILES string of the molecule is FC(F)c1nnc(-c2cnc(NC3(c4cccc(OCC(F)(F)F)c4Cl)CC3)nc2)o1. The van der Waals surface area contributed by atoms with E-state index in [1.165, 1.54) is 18.5 Å². The third-order valence-electron chi connectivity index (χ3n) is 4.50. The number of anilines is 1. The zero-order chi connectivity index (χ0) is 22.2. The summed E-state index contributed by atoms with van der Waals surface area (Å²) in [5, 5.41) is 9.94. The monoisotopic (exact) mass is 461 g/mol. The standard InChI is InChI=1S/C18H13ClF5N5O2/c19-12-10(2-1-3-11(12)30-8-18(22,23)24)17(4-5-17)27-16-25-6-9(7-26-16)14-28-29-15(31-14)13(20)21/h1-3,6-7,13H,4-5,8H2,(H,25,26,27). The van der Waals surface area contributed by atoms with Gasteiger partial charge < -0.3 is 14.5 Å². The highest BCUT2D eigenvalue weighted by molar-refractivity contribution is 6.33. The summed E-state index contributed by atoms with van der Waals surface area (Å²) in [7, 11) is 0. The molecular formula is C18H13ClF5N5O2. The van der Waals surface area contributed by atoms with Crippen LogP contribution >= 0.6 is 11.6 Å². The smallest absolute Gasteiger partial charge is 0.422 e. The van der Waals surface area contributed by atoms with Gasteiger partial charge in [-0.2, -0.15) is 22.0 Å². The van der Waals surface area contributed by atoms with Crippen LogP contribution in [-0.2, 0) is 5.54 Å². The minimum atomic E-state index is -4.49. The number of hydrogen-bond acceptors (Lipinski definition) is 7. The average molecular weight is 462 g/mol. The minimum absolute atomic E-state index is 0.0683. The fourth-order valence-corrected chi connectivity index (χ4v) is 3.26. The normalized spacial score (nSPS) is 15.2. The molecule has 1 N–H and O–H groups in total. The molecule has 0 radical (unpaired) electrons. The molecule has 1 aromatic carbocycles. The van der Waals surface area contributed by atoms with Crippen molar-refractivity contribution in [1.29, 1.82) is 0 Å². The second kappa shape index (κ2) is 7.91. The summed E-state index contributed by atoms with van der Waals surface area (Å²) in [5.41, 5.74) is 0.138. The lowest BCUT2D eigenvalue weighted by atomic mass is 10.0. The predicted octanol–water partition coefficient (Wildman–Crippen LogP) is 5.16. The van der Waals surface area contributed by atoms with Crippen LogP contribution in [0.15, 0.2) is 35.0 Å². The molecule has 1 aliphatic rings. The minimum Gasteiger partial charge on any atom is -0.483 e. The Morgan fingerprint density at radius 3 is 2.45 bits per heavy atom. The van der Waals surface area contributed by atoms with Gasteiger partial charge in [-0.15, -0.1) is 10.2 Å². The van der Waals surface area contributed by atoms with Gasteiger partial charge in [0, 0.05) is 12.4 Å². The van der Waals surface area contributed by atoms with E-state index in [-0.39, 0.29) is 28.2 Å². The number of alkyl halides is 5. The Bertz CT molecular complexity index is 1070. The first-order chi connectivity index (χ1) is 14.7. The Kier molecular flexibility index (Phi) is 5.42. The van der Waals surface area contributed by atoms with E-state index < -0.39 is 30.6 Å². The van der Waals surface area contributed by atoms with Crippen LogP contribution in [-0.4, -0.2) is 32.9 Å². The number of benzene rings is 1. The lowest BCUT2D eigenvalue weighted by Gasteiger charge is -2.21. The summed E-state index contributed by atoms with van der Waals surface area (Å²) in [4.78, 5) is 8.24. The third kappa shape index (κ3) is 4.68. The van der Waals surface area contributed by atoms with Gasteiger partial charge in [0.2, 0.25) is 5.95 Å². The lowest BCUT2D eigenvalue weighted by Crippen LogP contribution is -2.22. The number of aromatic nitrogens is 4. The van der Waals surface area contributed by atoms with Crippen LogP contribution in [0, 0.1) is 0 Å². The summed E-state index contributed by atoms with van der Waals surface area (Å²) in [5.74, 6) is -0.837. The molecule has 0 atom stereocenters. The molecule has 31 heavy (non-hydrogen) atoms. The highest BCUT2D eigenvalue weighted by Crippen LogP contribution is 2.51. The molecule has 3 aromatic rings. The van der Waals surface area contributed by atoms with Crippen molar-refractivity contribution in [2.24, 2.45) is 0 Å². The largest absolute Gasteiger partial charge is 0.483 e. The van der Waals surface area contributed by atoms with Crippen molar-refractivity contribution >= 4 is 17.5 Å². The molecule has 0 unspecified atom stereocenters. The van der Waals surface area contributed by atoms with Crippen molar-refractivity contribution in [3.63, 3.8) is 0 Å². The molecule has 1 aliphatic carbocycles. The number of ether oxygens (including phenoxy) is 1. The second-order valence-corrected chi connectivity index (χ2v) is 7.15. The van der Waals surface area contributed by atoms with Crippen LogP contribution in [0.1, 0.15) is 30.7 Å². The van der Waals surface area contributed by atoms with Gasteiger partial charge >= 0.3 is 12.6 Å². The van der Waals surface area contributed by atoms with E-state index in [9.17, 15) is 22.0 Å². The van der Waals surface area contributed by atoms with Gasteiger partial charge in [0.1, 0.15) is 5.75 Å². The fourth-order valence-electron chi connectivity index (χ4n) is 2.89. The van der Waals surface area contributed by atoms with Crippen molar-refractivity contribution in [2.75, 3.05) is 11.9 Å². The molecule has 13 heteroatoms. The van der Waals surface area contributed by atoms with E-state index in [2.05, 4.69) is 25.5 Å². The number of nitrogens with zero attached hydrogens (tertiary/aromatic N) is 4. The molecule has 0 amide bonds. The molecular weight excluding hydrogens is 449 g/mol. The maximum atomic E-state index is 12.6. The van der Waals surface area contributed by atoms with E-state index in [0.29, 0.717) is 18.4 Å². The fraction of sp³-hybridized carbons (Fsp3) is 0.333. The quantitative estimate of drug-likeness (QED) is 0.486. The van der Waals surface area contributed by atoms with Crippen molar-refractivity contribution in [2.45, 2.75) is 31.0 Å². The highest BCUT2D eigenvalue weighted by Gasteiger charge is 2.47. The van der Waals surface area contributed by atoms with Crippen molar-refractivity contribution in [3.05, 3.63) is 47.1 Å². The maximum absolute atomic E-state index is 12.6. The van der Waals surface area contributed by atoms with Gasteiger partial charge in [-0.05, 0) is 24.5 Å². The van der Waals surface area contributed by atoms with Crippen LogP contribution in [0.3, 0.4) is 0 Å². The van der Waals surface area contributed by atoms with Gasteiger partial charge in [-0.25, -0.2) is 9.97 Å². The Labute approximate surface area is 176 Å². The Balaban J connectivity index is 1.50. The van der Waals surface area contributed by atoms with Crippen LogP contribution in [0.4, 0.5) is 27.9 Å². The lowest BCUT2D eigenvalue weighted by molar-refractivity contribution is -0.153. The Morgan fingerprint density at radius 2 is 1.87 bits per heavy atom. The third-order valence-corrected chi connectivity index (χ3v) is 4.89. The van der Waals surface area contributed by atoms with E-state index in [1.807, 2.05) is 0 Å². The van der Waals surface area contributed by atoms with Gasteiger partial charge in [-0.3, -0.25) is 0 Å². The zero-order valence-corrected chi connectivity index (χ0v) is 16.2. The molecule has 0 saturated heterocycles. The number of rotatable bonds is 7. The second-order valence-electron chi connectivity index (χ2n) is 6.77. The van der Waals surface area contributed by atoms with Crippen molar-refractivity contribution in [3.8, 4) is 17.2 Å². The van der Waals surface area contributed by atoms with Gasteiger partial charge in [-0.1, -0.05) is 23.7 Å². The Hall–Kier alpha value is -3.02. The summed E-state index contributed by atoms with van der Waals surface area (Å²) < 4.78 is 72.2. The van der Waals surface area contributed by atoms with Gasteiger partial charge in [0.05, 0.1) is 16.1 Å². The van der Waals surface area contributed by atoms with Crippen LogP contribution in [0.2, 0.25) is 5.02 Å². The summed E-state index contributed by atoms with van der Waals surface area (Å²) in [6.45, 7) is -1.45. The van der Waals surface area contributed by atoms with Crippen LogP contribution < -0.4 is 10.1 Å². The molecule has 2 aromatic heterocycles. The van der Waals surface area contributed by atoms with Crippen molar-refractivity contribution < 1.29 is 31.1 Å². The van der Waals surface area contributed by atoms with E-state index in [1.54, 1.807) is 12.1 Å². The molecule has 4 rings (SSSR count). The van der Waals surface area contributed by atoms with Gasteiger partial charge in [0.25, 0.3) is 11.8 Å². The molecule has 1 saturated carbocycles. The highest BCUT2D eigenvalue weighted by atomic mass is 35.5. The number of halogens is 6. The van der Waals surface area contributed by atoms with Crippen molar-refractivity contribution in [1.82, 2.24) is 20.2 Å². The number of nitrogens with one attached hydrogen (secondary N) is 1. The first kappa shape index (κ1) is 21.2. The zero-order valence-electron chi connectivity index (χ0n) is 15.5. The predicted molar refractivity (Wildman–Crippen MR) is 97.8 cm³/mol. The topological polar surface area (TPSA) is 86.0 Å². The molecule has 0 aliphatic heterocycles. The summed E-state index contributed by atoms with van der Waals surface area (Å²) in [6, 6.07) is 4.59. The average Bonchev–Trinajstić information content (AvgIpc) is 3.30. The van der Waals surface area contributed by atoms with E-state index in [0.717, 1.165) is 0 Å². The maximum Gasteiger partial charge on any atom is 0.422 e. The first-order valence-electron chi connectivity index (χ1n) is 8.87. The molecule has 1 fully saturated rings. The first-order valence-corrected chi connectivity index (χ1v) is 9.25. The van der Waals surface area contributed by atoms with Crippen LogP contribution in [0.25, 0.3) is 11.5 Å². The van der Waals surface area contributed by atoms with E-state index >= 15 is 0 Å². The number of hydrogen-bond donors (Lipinski definition) is 1.